The summed E-state index contributed by atoms with van der Waals surface area (Å²) in [4.78, 5) is 12.4. The van der Waals surface area contributed by atoms with Gasteiger partial charge in [0.05, 0.1) is 11.9 Å². The van der Waals surface area contributed by atoms with E-state index in [1.165, 1.54) is 11.3 Å². The van der Waals surface area contributed by atoms with Gasteiger partial charge in [-0.2, -0.15) is 10.2 Å². The summed E-state index contributed by atoms with van der Waals surface area (Å²) in [6.07, 6.45) is 1.67. The number of fused-ring (bicyclic) bond motifs is 3. The third-order valence-corrected chi connectivity index (χ3v) is 3.79. The summed E-state index contributed by atoms with van der Waals surface area (Å²) in [5.41, 5.74) is 1.77. The van der Waals surface area contributed by atoms with Gasteiger partial charge in [0.2, 0.25) is 0 Å². The maximum Gasteiger partial charge on any atom is 0.282 e. The fraction of sp³-hybridized carbons (Fsp3) is 0.200. The molecule has 0 aromatic carbocycles. The van der Waals surface area contributed by atoms with Crippen LogP contribution >= 0.6 is 11.3 Å². The molecular formula is C10H8N4OS. The lowest BCUT2D eigenvalue weighted by molar-refractivity contribution is 1.01. The summed E-state index contributed by atoms with van der Waals surface area (Å²) < 4.78 is 0.660. The van der Waals surface area contributed by atoms with Crippen molar-refractivity contribution in [1.29, 1.82) is 0 Å². The van der Waals surface area contributed by atoms with Crippen molar-refractivity contribution in [2.75, 3.05) is 0 Å². The first-order valence-corrected chi connectivity index (χ1v) is 5.60. The molecule has 3 heterocycles. The molecule has 3 rings (SSSR count). The van der Waals surface area contributed by atoms with Crippen LogP contribution in [0, 0.1) is 13.8 Å². The normalized spacial score (nSPS) is 11.4. The van der Waals surface area contributed by atoms with E-state index in [1.807, 2.05) is 13.8 Å². The molecule has 0 fully saturated rings. The summed E-state index contributed by atoms with van der Waals surface area (Å²) in [5, 5.41) is 16.3. The van der Waals surface area contributed by atoms with Crippen molar-refractivity contribution in [3.05, 3.63) is 27.8 Å². The van der Waals surface area contributed by atoms with Crippen LogP contribution < -0.4 is 5.56 Å². The van der Waals surface area contributed by atoms with Crippen LogP contribution in [0.4, 0.5) is 0 Å². The number of H-pyrrole nitrogens is 1. The Bertz CT molecular complexity index is 758. The Kier molecular flexibility index (Phi) is 1.81. The molecule has 0 saturated carbocycles. The van der Waals surface area contributed by atoms with E-state index in [2.05, 4.69) is 20.4 Å². The molecule has 0 saturated heterocycles. The fourth-order valence-corrected chi connectivity index (χ4v) is 2.78. The molecule has 6 heteroatoms. The molecule has 0 aliphatic heterocycles. The van der Waals surface area contributed by atoms with Crippen molar-refractivity contribution in [2.24, 2.45) is 0 Å². The average Bonchev–Trinajstić information content (AvgIpc) is 2.64. The van der Waals surface area contributed by atoms with E-state index >= 15 is 0 Å². The van der Waals surface area contributed by atoms with Crippen LogP contribution in [0.15, 0.2) is 11.0 Å². The molecule has 0 unspecified atom stereocenters. The van der Waals surface area contributed by atoms with Gasteiger partial charge in [0, 0.05) is 10.8 Å². The van der Waals surface area contributed by atoms with Gasteiger partial charge in [0.1, 0.15) is 9.53 Å². The summed E-state index contributed by atoms with van der Waals surface area (Å²) >= 11 is 1.35. The highest BCUT2D eigenvalue weighted by Gasteiger charge is 2.13. The van der Waals surface area contributed by atoms with Gasteiger partial charge in [0.25, 0.3) is 5.56 Å². The van der Waals surface area contributed by atoms with Gasteiger partial charge in [-0.1, -0.05) is 0 Å². The minimum atomic E-state index is -0.169. The van der Waals surface area contributed by atoms with Gasteiger partial charge in [-0.3, -0.25) is 4.79 Å². The second-order valence-electron chi connectivity index (χ2n) is 3.63. The maximum absolute atomic E-state index is 11.6. The summed E-state index contributed by atoms with van der Waals surface area (Å²) in [6.45, 7) is 3.89. The van der Waals surface area contributed by atoms with Crippen LogP contribution in [-0.4, -0.2) is 20.4 Å². The molecule has 0 spiro atoms. The van der Waals surface area contributed by atoms with Crippen LogP contribution in [0.25, 0.3) is 20.3 Å². The Morgan fingerprint density at radius 1 is 1.31 bits per heavy atom. The minimum absolute atomic E-state index is 0.169. The van der Waals surface area contributed by atoms with Crippen molar-refractivity contribution in [2.45, 2.75) is 13.8 Å². The molecule has 3 aromatic rings. The largest absolute Gasteiger partial charge is 0.282 e. The molecular weight excluding hydrogens is 224 g/mol. The number of thiophene rings is 1. The Balaban J connectivity index is 2.68. The third-order valence-electron chi connectivity index (χ3n) is 2.70. The summed E-state index contributed by atoms with van der Waals surface area (Å²) in [6, 6.07) is 0. The minimum Gasteiger partial charge on any atom is -0.266 e. The van der Waals surface area contributed by atoms with Crippen LogP contribution in [0.2, 0.25) is 0 Å². The summed E-state index contributed by atoms with van der Waals surface area (Å²) in [7, 11) is 0. The van der Waals surface area contributed by atoms with E-state index in [0.29, 0.717) is 4.70 Å². The van der Waals surface area contributed by atoms with Crippen molar-refractivity contribution in [3.8, 4) is 0 Å². The quantitative estimate of drug-likeness (QED) is 0.638. The van der Waals surface area contributed by atoms with Gasteiger partial charge in [0.15, 0.2) is 0 Å². The van der Waals surface area contributed by atoms with Crippen molar-refractivity contribution < 1.29 is 0 Å². The Hall–Kier alpha value is -1.82. The van der Waals surface area contributed by atoms with E-state index in [0.717, 1.165) is 26.9 Å². The molecule has 0 atom stereocenters. The molecule has 0 aliphatic carbocycles. The number of nitrogens with zero attached hydrogens (tertiary/aromatic N) is 3. The molecule has 80 valence electrons. The monoisotopic (exact) mass is 232 g/mol. The Morgan fingerprint density at radius 3 is 2.94 bits per heavy atom. The molecule has 0 radical (unpaired) electrons. The third kappa shape index (κ3) is 1.10. The van der Waals surface area contributed by atoms with Gasteiger partial charge in [-0.05, 0) is 19.4 Å². The van der Waals surface area contributed by atoms with E-state index in [9.17, 15) is 4.79 Å². The van der Waals surface area contributed by atoms with E-state index in [1.54, 1.807) is 6.20 Å². The van der Waals surface area contributed by atoms with Gasteiger partial charge in [-0.15, -0.1) is 16.4 Å². The first-order valence-electron chi connectivity index (χ1n) is 4.78. The summed E-state index contributed by atoms with van der Waals surface area (Å²) in [5.74, 6) is 0. The number of aryl methyl sites for hydroxylation is 2. The SMILES string of the molecule is Cc1nnc2sc3c(=O)[nH]ncc3c2c1C. The van der Waals surface area contributed by atoms with Gasteiger partial charge < -0.3 is 0 Å². The zero-order chi connectivity index (χ0) is 11.3. The average molecular weight is 232 g/mol. The second kappa shape index (κ2) is 3.08. The number of rotatable bonds is 0. The lowest BCUT2D eigenvalue weighted by Gasteiger charge is -1.98. The van der Waals surface area contributed by atoms with Crippen LogP contribution in [0.3, 0.4) is 0 Å². The number of aromatic nitrogens is 4. The van der Waals surface area contributed by atoms with Gasteiger partial charge in [-0.25, -0.2) is 5.10 Å². The maximum atomic E-state index is 11.6. The zero-order valence-electron chi connectivity index (χ0n) is 8.74. The van der Waals surface area contributed by atoms with Crippen molar-refractivity contribution >= 4 is 31.6 Å². The molecule has 3 aromatic heterocycles. The molecule has 5 nitrogen and oxygen atoms in total. The van der Waals surface area contributed by atoms with E-state index in [4.69, 9.17) is 0 Å². The lowest BCUT2D eigenvalue weighted by Crippen LogP contribution is -2.04. The molecule has 1 N–H and O–H groups in total. The highest BCUT2D eigenvalue weighted by Crippen LogP contribution is 2.31. The smallest absolute Gasteiger partial charge is 0.266 e. The fourth-order valence-electron chi connectivity index (χ4n) is 1.74. The molecule has 0 aliphatic rings. The van der Waals surface area contributed by atoms with Crippen LogP contribution in [-0.2, 0) is 0 Å². The number of hydrogen-bond acceptors (Lipinski definition) is 5. The molecule has 16 heavy (non-hydrogen) atoms. The number of nitrogens with one attached hydrogen (secondary N) is 1. The standard InChI is InChI=1S/C10H8N4OS/c1-4-5(2)12-14-10-7(4)6-3-11-13-9(15)8(6)16-10/h3H,1-2H3,(H,13,15). The Morgan fingerprint density at radius 2 is 2.12 bits per heavy atom. The topological polar surface area (TPSA) is 71.5 Å². The van der Waals surface area contributed by atoms with Gasteiger partial charge >= 0.3 is 0 Å². The van der Waals surface area contributed by atoms with Crippen LogP contribution in [0.1, 0.15) is 11.3 Å². The van der Waals surface area contributed by atoms with Crippen LogP contribution in [0.5, 0.6) is 0 Å². The van der Waals surface area contributed by atoms with E-state index < -0.39 is 0 Å². The van der Waals surface area contributed by atoms with E-state index in [-0.39, 0.29) is 5.56 Å². The van der Waals surface area contributed by atoms with Crippen molar-refractivity contribution in [1.82, 2.24) is 20.4 Å². The van der Waals surface area contributed by atoms with Crippen molar-refractivity contribution in [3.63, 3.8) is 0 Å². The molecule has 0 bridgehead atoms. The number of aromatic amines is 1. The predicted octanol–water partition coefficient (Wildman–Crippen LogP) is 1.54. The molecule has 0 amide bonds. The highest BCUT2D eigenvalue weighted by molar-refractivity contribution is 7.25. The Labute approximate surface area is 94.1 Å². The zero-order valence-corrected chi connectivity index (χ0v) is 9.55. The first kappa shape index (κ1) is 9.41. The number of hydrogen-bond donors (Lipinski definition) is 1. The second-order valence-corrected chi connectivity index (χ2v) is 4.63. The predicted molar refractivity (Wildman–Crippen MR) is 62.8 cm³/mol. The highest BCUT2D eigenvalue weighted by atomic mass is 32.1. The lowest BCUT2D eigenvalue weighted by atomic mass is 10.1. The first-order chi connectivity index (χ1) is 7.68.